The van der Waals surface area contributed by atoms with Crippen molar-refractivity contribution in [3.8, 4) is 11.5 Å². The Hall–Kier alpha value is -2.64. The first-order valence-corrected chi connectivity index (χ1v) is 7.31. The van der Waals surface area contributed by atoms with E-state index in [0.717, 1.165) is 36.4 Å². The number of rotatable bonds is 5. The summed E-state index contributed by atoms with van der Waals surface area (Å²) in [6.07, 6.45) is -9.96. The van der Waals surface area contributed by atoms with Gasteiger partial charge < -0.3 is 9.84 Å². The minimum Gasteiger partial charge on any atom is -0.508 e. The third-order valence-corrected chi connectivity index (χ3v) is 3.81. The SMILES string of the molecule is C=CCOc1ccc(C(c2ccc(O)cc2)(C(F)(F)F)C(F)(F)F)cc1. The van der Waals surface area contributed by atoms with Crippen LogP contribution in [0, 0.1) is 0 Å². The van der Waals surface area contributed by atoms with E-state index in [1.54, 1.807) is 0 Å². The third kappa shape index (κ3) is 3.36. The highest BCUT2D eigenvalue weighted by Crippen LogP contribution is 2.56. The number of hydrogen-bond donors (Lipinski definition) is 1. The average Bonchev–Trinajstić information content (AvgIpc) is 2.54. The van der Waals surface area contributed by atoms with Crippen LogP contribution < -0.4 is 4.74 Å². The maximum absolute atomic E-state index is 13.8. The van der Waals surface area contributed by atoms with Crippen molar-refractivity contribution in [1.29, 1.82) is 0 Å². The number of phenolic OH excluding ortho intramolecular Hbond substituents is 1. The highest BCUT2D eigenvalue weighted by Gasteiger charge is 2.72. The number of hydrogen-bond acceptors (Lipinski definition) is 2. The van der Waals surface area contributed by atoms with E-state index < -0.39 is 34.6 Å². The van der Waals surface area contributed by atoms with Gasteiger partial charge in [-0.3, -0.25) is 0 Å². The maximum Gasteiger partial charge on any atom is 0.411 e. The molecule has 2 rings (SSSR count). The third-order valence-electron chi connectivity index (χ3n) is 3.81. The molecule has 1 N–H and O–H groups in total. The van der Waals surface area contributed by atoms with Crippen LogP contribution >= 0.6 is 0 Å². The maximum atomic E-state index is 13.8. The van der Waals surface area contributed by atoms with Crippen molar-refractivity contribution in [2.24, 2.45) is 0 Å². The van der Waals surface area contributed by atoms with Crippen molar-refractivity contribution in [1.82, 2.24) is 0 Å². The van der Waals surface area contributed by atoms with Crippen LogP contribution in [0.5, 0.6) is 11.5 Å². The van der Waals surface area contributed by atoms with Crippen molar-refractivity contribution in [2.75, 3.05) is 6.61 Å². The standard InChI is InChI=1S/C18H14F6O2/c1-2-11-26-15-9-5-13(6-10-15)16(17(19,20)21,18(22,23)24)12-3-7-14(25)8-4-12/h2-10,25H,1,11H2. The van der Waals surface area contributed by atoms with Crippen molar-refractivity contribution in [2.45, 2.75) is 17.8 Å². The summed E-state index contributed by atoms with van der Waals surface area (Å²) in [6.45, 7) is 3.46. The Bertz CT molecular complexity index is 731. The topological polar surface area (TPSA) is 29.5 Å². The molecule has 0 aliphatic carbocycles. The molecule has 0 aliphatic heterocycles. The first-order valence-electron chi connectivity index (χ1n) is 7.31. The summed E-state index contributed by atoms with van der Waals surface area (Å²) in [4.78, 5) is 0. The molecule has 0 amide bonds. The molecule has 2 aromatic carbocycles. The van der Waals surface area contributed by atoms with E-state index in [4.69, 9.17) is 4.74 Å². The Morgan fingerprint density at radius 3 is 1.62 bits per heavy atom. The Kier molecular flexibility index (Phi) is 5.25. The Labute approximate surface area is 145 Å². The summed E-state index contributed by atoms with van der Waals surface area (Å²) in [5, 5.41) is 9.23. The monoisotopic (exact) mass is 376 g/mol. The van der Waals surface area contributed by atoms with E-state index in [2.05, 4.69) is 6.58 Å². The van der Waals surface area contributed by atoms with Gasteiger partial charge in [0.1, 0.15) is 18.1 Å². The number of halogens is 6. The number of benzene rings is 2. The fourth-order valence-corrected chi connectivity index (χ4v) is 2.65. The molecule has 0 aliphatic rings. The zero-order chi connectivity index (χ0) is 19.6. The quantitative estimate of drug-likeness (QED) is 0.562. The molecule has 8 heteroatoms. The van der Waals surface area contributed by atoms with Gasteiger partial charge in [-0.1, -0.05) is 36.9 Å². The normalized spacial score (nSPS) is 12.7. The number of ether oxygens (including phenoxy) is 1. The molecule has 0 bridgehead atoms. The molecular formula is C18H14F6O2. The summed E-state index contributed by atoms with van der Waals surface area (Å²) in [7, 11) is 0. The summed E-state index contributed by atoms with van der Waals surface area (Å²) in [5.41, 5.74) is -6.30. The first kappa shape index (κ1) is 19.7. The van der Waals surface area contributed by atoms with E-state index in [1.807, 2.05) is 0 Å². The molecule has 0 fully saturated rings. The predicted octanol–water partition coefficient (Wildman–Crippen LogP) is 5.37. The first-order chi connectivity index (χ1) is 12.0. The lowest BCUT2D eigenvalue weighted by Crippen LogP contribution is -2.54. The van der Waals surface area contributed by atoms with Crippen LogP contribution in [0.3, 0.4) is 0 Å². The molecule has 0 saturated heterocycles. The molecule has 0 unspecified atom stereocenters. The number of phenols is 1. The molecule has 2 aromatic rings. The zero-order valence-electron chi connectivity index (χ0n) is 13.2. The molecular weight excluding hydrogens is 362 g/mol. The second kappa shape index (κ2) is 6.93. The lowest BCUT2D eigenvalue weighted by Gasteiger charge is -2.38. The summed E-state index contributed by atoms with van der Waals surface area (Å²) in [5.74, 6) is -0.335. The Morgan fingerprint density at radius 1 is 0.808 bits per heavy atom. The number of aromatic hydroxyl groups is 1. The van der Waals surface area contributed by atoms with E-state index >= 15 is 0 Å². The van der Waals surface area contributed by atoms with Crippen LogP contribution in [0.25, 0.3) is 0 Å². The molecule has 140 valence electrons. The van der Waals surface area contributed by atoms with Crippen LogP contribution in [0.2, 0.25) is 0 Å². The lowest BCUT2D eigenvalue weighted by molar-refractivity contribution is -0.288. The van der Waals surface area contributed by atoms with Gasteiger partial charge in [0.2, 0.25) is 5.41 Å². The van der Waals surface area contributed by atoms with Crippen molar-refractivity contribution in [3.05, 3.63) is 72.3 Å². The fraction of sp³-hybridized carbons (Fsp3) is 0.222. The van der Waals surface area contributed by atoms with E-state index in [-0.39, 0.29) is 12.4 Å². The minimum absolute atomic E-state index is 0.0565. The average molecular weight is 376 g/mol. The van der Waals surface area contributed by atoms with Gasteiger partial charge in [0.25, 0.3) is 0 Å². The van der Waals surface area contributed by atoms with Crippen LogP contribution in [-0.4, -0.2) is 24.1 Å². The smallest absolute Gasteiger partial charge is 0.411 e. The largest absolute Gasteiger partial charge is 0.508 e. The highest BCUT2D eigenvalue weighted by molar-refractivity contribution is 5.46. The van der Waals surface area contributed by atoms with Gasteiger partial charge in [-0.05, 0) is 35.4 Å². The van der Waals surface area contributed by atoms with Crippen molar-refractivity contribution < 1.29 is 36.2 Å². The van der Waals surface area contributed by atoms with Crippen LogP contribution in [0.15, 0.2) is 61.2 Å². The van der Waals surface area contributed by atoms with Crippen molar-refractivity contribution in [3.63, 3.8) is 0 Å². The van der Waals surface area contributed by atoms with E-state index in [1.165, 1.54) is 6.08 Å². The molecule has 2 nitrogen and oxygen atoms in total. The van der Waals surface area contributed by atoms with Gasteiger partial charge in [-0.15, -0.1) is 0 Å². The van der Waals surface area contributed by atoms with Crippen LogP contribution in [0.1, 0.15) is 11.1 Å². The summed E-state index contributed by atoms with van der Waals surface area (Å²) >= 11 is 0. The minimum atomic E-state index is -5.67. The van der Waals surface area contributed by atoms with Gasteiger partial charge in [0.15, 0.2) is 0 Å². The van der Waals surface area contributed by atoms with Crippen LogP contribution in [-0.2, 0) is 5.41 Å². The van der Waals surface area contributed by atoms with Gasteiger partial charge >= 0.3 is 12.4 Å². The second-order valence-electron chi connectivity index (χ2n) is 5.42. The Morgan fingerprint density at radius 2 is 1.23 bits per heavy atom. The molecule has 0 radical (unpaired) electrons. The fourth-order valence-electron chi connectivity index (χ4n) is 2.65. The molecule has 0 spiro atoms. The Balaban J connectivity index is 2.71. The van der Waals surface area contributed by atoms with Gasteiger partial charge in [-0.2, -0.15) is 26.3 Å². The second-order valence-corrected chi connectivity index (χ2v) is 5.42. The van der Waals surface area contributed by atoms with E-state index in [0.29, 0.717) is 12.1 Å². The molecule has 0 heterocycles. The summed E-state index contributed by atoms with van der Waals surface area (Å²) < 4.78 is 88.0. The number of alkyl halides is 6. The molecule has 0 saturated carbocycles. The van der Waals surface area contributed by atoms with Crippen molar-refractivity contribution >= 4 is 0 Å². The molecule has 26 heavy (non-hydrogen) atoms. The highest BCUT2D eigenvalue weighted by atomic mass is 19.4. The van der Waals surface area contributed by atoms with Gasteiger partial charge in [0, 0.05) is 0 Å². The van der Waals surface area contributed by atoms with Gasteiger partial charge in [-0.25, -0.2) is 0 Å². The molecule has 0 aromatic heterocycles. The van der Waals surface area contributed by atoms with Gasteiger partial charge in [0.05, 0.1) is 0 Å². The van der Waals surface area contributed by atoms with Crippen LogP contribution in [0.4, 0.5) is 26.3 Å². The molecule has 0 atom stereocenters. The predicted molar refractivity (Wildman–Crippen MR) is 83.1 cm³/mol. The van der Waals surface area contributed by atoms with E-state index in [9.17, 15) is 31.4 Å². The zero-order valence-corrected chi connectivity index (χ0v) is 13.2. The summed E-state index contributed by atoms with van der Waals surface area (Å²) in [6, 6.07) is 6.30. The lowest BCUT2D eigenvalue weighted by atomic mass is 9.73.